The molecule has 0 radical (unpaired) electrons. The lowest BCUT2D eigenvalue weighted by atomic mass is 10.1. The lowest BCUT2D eigenvalue weighted by Gasteiger charge is -2.08. The summed E-state index contributed by atoms with van der Waals surface area (Å²) in [6.45, 7) is 0.761. The Kier molecular flexibility index (Phi) is 2.78. The van der Waals surface area contributed by atoms with E-state index >= 15 is 0 Å². The van der Waals surface area contributed by atoms with Crippen LogP contribution in [0.3, 0.4) is 0 Å². The zero-order chi connectivity index (χ0) is 14.2. The number of hydrogen-bond donors (Lipinski definition) is 2. The molecular weight excluding hydrogens is 290 g/mol. The topological polar surface area (TPSA) is 76.2 Å². The number of thiazole rings is 1. The van der Waals surface area contributed by atoms with Crippen LogP contribution in [0.2, 0.25) is 0 Å². The number of benzene rings is 1. The molecule has 0 unspecified atom stereocenters. The van der Waals surface area contributed by atoms with E-state index < -0.39 is 0 Å². The van der Waals surface area contributed by atoms with Crippen LogP contribution in [-0.4, -0.2) is 16.8 Å². The Hall–Kier alpha value is -2.54. The van der Waals surface area contributed by atoms with Crippen LogP contribution in [0, 0.1) is 0 Å². The molecule has 2 aromatic heterocycles. The highest BCUT2D eigenvalue weighted by atomic mass is 32.1. The molecule has 0 saturated carbocycles. The van der Waals surface area contributed by atoms with Crippen molar-refractivity contribution in [3.63, 3.8) is 0 Å². The van der Waals surface area contributed by atoms with E-state index in [1.165, 1.54) is 0 Å². The van der Waals surface area contributed by atoms with Crippen molar-refractivity contribution >= 4 is 27.9 Å². The minimum Gasteiger partial charge on any atom is -0.454 e. The average molecular weight is 301 g/mol. The fraction of sp³-hybridized carbons (Fsp3) is 0.143. The maximum absolute atomic E-state index is 11.1. The smallest absolute Gasteiger partial charge is 0.304 e. The molecule has 2 N–H and O–H groups in total. The van der Waals surface area contributed by atoms with Crippen molar-refractivity contribution in [1.29, 1.82) is 0 Å². The Balaban J connectivity index is 1.69. The molecule has 3 heterocycles. The van der Waals surface area contributed by atoms with Gasteiger partial charge in [0.2, 0.25) is 6.79 Å². The summed E-state index contributed by atoms with van der Waals surface area (Å²) in [6.07, 6.45) is 1.74. The largest absolute Gasteiger partial charge is 0.454 e. The number of anilines is 1. The van der Waals surface area contributed by atoms with Gasteiger partial charge in [-0.05, 0) is 23.6 Å². The molecule has 0 aliphatic carbocycles. The van der Waals surface area contributed by atoms with Crippen molar-refractivity contribution in [2.45, 2.75) is 6.54 Å². The molecule has 7 heteroatoms. The summed E-state index contributed by atoms with van der Waals surface area (Å²) >= 11 is 1.15. The molecule has 4 rings (SSSR count). The predicted molar refractivity (Wildman–Crippen MR) is 80.1 cm³/mol. The summed E-state index contributed by atoms with van der Waals surface area (Å²) in [7, 11) is 0. The summed E-state index contributed by atoms with van der Waals surface area (Å²) in [5.41, 5.74) is 0.838. The number of hydrogen-bond acceptors (Lipinski definition) is 6. The molecule has 0 fully saturated rings. The number of nitrogens with zero attached hydrogens (tertiary/aromatic N) is 1. The zero-order valence-corrected chi connectivity index (χ0v) is 11.7. The van der Waals surface area contributed by atoms with E-state index in [0.29, 0.717) is 6.54 Å². The van der Waals surface area contributed by atoms with Gasteiger partial charge in [0.05, 0.1) is 6.54 Å². The number of ether oxygens (including phenoxy) is 2. The van der Waals surface area contributed by atoms with Crippen LogP contribution in [0.25, 0.3) is 10.8 Å². The normalized spacial score (nSPS) is 12.8. The van der Waals surface area contributed by atoms with Gasteiger partial charge in [0.15, 0.2) is 11.5 Å². The molecule has 1 aliphatic rings. The molecule has 21 heavy (non-hydrogen) atoms. The van der Waals surface area contributed by atoms with Crippen molar-refractivity contribution in [3.05, 3.63) is 45.1 Å². The van der Waals surface area contributed by atoms with Crippen LogP contribution in [-0.2, 0) is 6.54 Å². The molecular formula is C14H11N3O3S. The van der Waals surface area contributed by atoms with Crippen LogP contribution < -0.4 is 19.7 Å². The van der Waals surface area contributed by atoms with E-state index in [4.69, 9.17) is 9.47 Å². The molecule has 0 atom stereocenters. The van der Waals surface area contributed by atoms with E-state index in [-0.39, 0.29) is 11.7 Å². The highest BCUT2D eigenvalue weighted by Crippen LogP contribution is 2.37. The van der Waals surface area contributed by atoms with Crippen molar-refractivity contribution in [2.75, 3.05) is 12.1 Å². The standard InChI is InChI=1S/C14H11N3O3S/c18-14-17-9(6-21-14)5-16-13-10-4-12-11(19-7-20-12)3-8(10)1-2-15-13/h1-4,6H,5,7H2,(H,15,16)(H,17,18). The van der Waals surface area contributed by atoms with Gasteiger partial charge in [0.25, 0.3) is 0 Å². The minimum atomic E-state index is -0.0546. The first-order valence-electron chi connectivity index (χ1n) is 6.38. The minimum absolute atomic E-state index is 0.0546. The summed E-state index contributed by atoms with van der Waals surface area (Å²) in [5.74, 6) is 2.22. The molecule has 0 saturated heterocycles. The molecule has 0 amide bonds. The first kappa shape index (κ1) is 12.2. The molecule has 106 valence electrons. The van der Waals surface area contributed by atoms with Gasteiger partial charge in [-0.25, -0.2) is 4.98 Å². The first-order valence-corrected chi connectivity index (χ1v) is 7.26. The van der Waals surface area contributed by atoms with Gasteiger partial charge in [-0.1, -0.05) is 11.3 Å². The third-order valence-corrected chi connectivity index (χ3v) is 3.99. The highest BCUT2D eigenvalue weighted by Gasteiger charge is 2.15. The molecule has 6 nitrogen and oxygen atoms in total. The predicted octanol–water partition coefficient (Wildman–Crippen LogP) is 2.33. The van der Waals surface area contributed by atoms with Crippen molar-refractivity contribution in [1.82, 2.24) is 9.97 Å². The number of rotatable bonds is 3. The van der Waals surface area contributed by atoms with Gasteiger partial charge in [-0.15, -0.1) is 0 Å². The fourth-order valence-corrected chi connectivity index (χ4v) is 2.86. The van der Waals surface area contributed by atoms with Crippen molar-refractivity contribution in [3.8, 4) is 11.5 Å². The van der Waals surface area contributed by atoms with Gasteiger partial charge in [0, 0.05) is 22.7 Å². The van der Waals surface area contributed by atoms with Crippen molar-refractivity contribution < 1.29 is 9.47 Å². The first-order chi connectivity index (χ1) is 10.3. The van der Waals surface area contributed by atoms with Crippen LogP contribution in [0.5, 0.6) is 11.5 Å². The van der Waals surface area contributed by atoms with Crippen molar-refractivity contribution in [2.24, 2.45) is 0 Å². The Morgan fingerprint density at radius 2 is 2.19 bits per heavy atom. The molecule has 1 aliphatic heterocycles. The zero-order valence-electron chi connectivity index (χ0n) is 10.9. The van der Waals surface area contributed by atoms with Crippen LogP contribution in [0.4, 0.5) is 5.82 Å². The second-order valence-corrected chi connectivity index (χ2v) is 5.46. The van der Waals surface area contributed by atoms with Gasteiger partial charge in [-0.2, -0.15) is 0 Å². The summed E-state index contributed by atoms with van der Waals surface area (Å²) in [4.78, 5) is 18.2. The number of fused-ring (bicyclic) bond motifs is 2. The van der Waals surface area contributed by atoms with Gasteiger partial charge >= 0.3 is 4.87 Å². The lowest BCUT2D eigenvalue weighted by Crippen LogP contribution is -2.04. The molecule has 0 bridgehead atoms. The SMILES string of the molecule is O=c1[nH]c(CNc2nccc3cc4c(cc23)OCO4)cs1. The maximum atomic E-state index is 11.1. The number of pyridine rings is 1. The van der Waals surface area contributed by atoms with Gasteiger partial charge in [0.1, 0.15) is 5.82 Å². The second-order valence-electron chi connectivity index (χ2n) is 4.61. The number of aromatic nitrogens is 2. The van der Waals surface area contributed by atoms with Crippen LogP contribution in [0.1, 0.15) is 5.69 Å². The number of nitrogens with one attached hydrogen (secondary N) is 2. The quantitative estimate of drug-likeness (QED) is 0.776. The third kappa shape index (κ3) is 2.21. The second kappa shape index (κ2) is 4.78. The Bertz CT molecular complexity index is 871. The highest BCUT2D eigenvalue weighted by molar-refractivity contribution is 7.07. The van der Waals surface area contributed by atoms with E-state index in [0.717, 1.165) is 45.1 Å². The Morgan fingerprint density at radius 3 is 3.00 bits per heavy atom. The third-order valence-electron chi connectivity index (χ3n) is 3.27. The molecule has 3 aromatic rings. The van der Waals surface area contributed by atoms with Crippen LogP contribution in [0.15, 0.2) is 34.6 Å². The fourth-order valence-electron chi connectivity index (χ4n) is 2.28. The van der Waals surface area contributed by atoms with Crippen LogP contribution >= 0.6 is 11.3 Å². The van der Waals surface area contributed by atoms with E-state index in [9.17, 15) is 4.79 Å². The van der Waals surface area contributed by atoms with Gasteiger partial charge < -0.3 is 19.8 Å². The molecule has 1 aromatic carbocycles. The molecule has 0 spiro atoms. The summed E-state index contributed by atoms with van der Waals surface area (Å²) in [6, 6.07) is 5.79. The van der Waals surface area contributed by atoms with E-state index in [2.05, 4.69) is 15.3 Å². The summed E-state index contributed by atoms with van der Waals surface area (Å²) in [5, 5.41) is 7.02. The monoisotopic (exact) mass is 301 g/mol. The Morgan fingerprint density at radius 1 is 1.33 bits per heavy atom. The number of H-pyrrole nitrogens is 1. The van der Waals surface area contributed by atoms with Gasteiger partial charge in [-0.3, -0.25) is 4.79 Å². The summed E-state index contributed by atoms with van der Waals surface area (Å²) < 4.78 is 10.8. The van der Waals surface area contributed by atoms with E-state index in [1.54, 1.807) is 11.6 Å². The average Bonchev–Trinajstić information content (AvgIpc) is 3.11. The maximum Gasteiger partial charge on any atom is 0.304 e. The Labute approximate surface area is 123 Å². The number of aromatic amines is 1. The van der Waals surface area contributed by atoms with E-state index in [1.807, 2.05) is 18.2 Å². The lowest BCUT2D eigenvalue weighted by molar-refractivity contribution is 0.174.